The van der Waals surface area contributed by atoms with Crippen molar-refractivity contribution >= 4 is 21.5 Å². The van der Waals surface area contributed by atoms with Gasteiger partial charge in [-0.15, -0.1) is 0 Å². The monoisotopic (exact) mass is 280 g/mol. The first-order valence-corrected chi connectivity index (χ1v) is 6.91. The van der Waals surface area contributed by atoms with E-state index in [1.807, 2.05) is 12.1 Å². The second-order valence-corrected chi connectivity index (χ2v) is 5.35. The number of nitriles is 2. The van der Waals surface area contributed by atoms with E-state index in [1.54, 1.807) is 0 Å². The topological polar surface area (TPSA) is 140 Å². The van der Waals surface area contributed by atoms with Gasteiger partial charge in [0.2, 0.25) is 0 Å². The summed E-state index contributed by atoms with van der Waals surface area (Å²) in [6, 6.07) is 6.54. The number of hydrogen-bond acceptors (Lipinski definition) is 6. The Bertz CT molecular complexity index is 656. The maximum Gasteiger partial charge on any atom is 0.264 e. The van der Waals surface area contributed by atoms with Crippen LogP contribution in [0.5, 0.6) is 0 Å². The lowest BCUT2D eigenvalue weighted by Gasteiger charge is -2.10. The average molecular weight is 280 g/mol. The molecule has 0 fully saturated rings. The van der Waals surface area contributed by atoms with E-state index in [0.29, 0.717) is 11.4 Å². The highest BCUT2D eigenvalue weighted by atomic mass is 32.2. The minimum Gasteiger partial charge on any atom is -0.397 e. The van der Waals surface area contributed by atoms with E-state index in [-0.39, 0.29) is 29.8 Å². The summed E-state index contributed by atoms with van der Waals surface area (Å²) in [6.45, 7) is 0.265. The first-order chi connectivity index (χ1) is 8.87. The highest BCUT2D eigenvalue weighted by molar-refractivity contribution is 7.85. The van der Waals surface area contributed by atoms with Gasteiger partial charge >= 0.3 is 0 Å². The van der Waals surface area contributed by atoms with Crippen LogP contribution in [-0.2, 0) is 10.1 Å². The van der Waals surface area contributed by atoms with Gasteiger partial charge < -0.3 is 11.1 Å². The van der Waals surface area contributed by atoms with E-state index < -0.39 is 10.1 Å². The van der Waals surface area contributed by atoms with Gasteiger partial charge in [-0.3, -0.25) is 4.55 Å². The van der Waals surface area contributed by atoms with Crippen LogP contribution in [0.4, 0.5) is 11.4 Å². The average Bonchev–Trinajstić information content (AvgIpc) is 2.34. The minimum absolute atomic E-state index is 0.184. The van der Waals surface area contributed by atoms with Crippen molar-refractivity contribution in [1.82, 2.24) is 0 Å². The molecule has 0 amide bonds. The van der Waals surface area contributed by atoms with Crippen LogP contribution >= 0.6 is 0 Å². The summed E-state index contributed by atoms with van der Waals surface area (Å²) in [5.74, 6) is -0.360. The van der Waals surface area contributed by atoms with Crippen LogP contribution in [0, 0.1) is 22.7 Å². The van der Waals surface area contributed by atoms with Crippen molar-refractivity contribution in [2.24, 2.45) is 0 Å². The van der Waals surface area contributed by atoms with Crippen LogP contribution in [0.1, 0.15) is 17.5 Å². The summed E-state index contributed by atoms with van der Waals surface area (Å²) >= 11 is 0. The lowest BCUT2D eigenvalue weighted by molar-refractivity contribution is 0.481. The van der Waals surface area contributed by atoms with Crippen molar-refractivity contribution in [2.75, 3.05) is 23.3 Å². The number of nitrogen functional groups attached to an aromatic ring is 1. The maximum atomic E-state index is 10.5. The molecule has 0 aliphatic carbocycles. The molecule has 0 heterocycles. The molecule has 0 saturated carbocycles. The third kappa shape index (κ3) is 4.47. The maximum absolute atomic E-state index is 10.5. The third-order valence-corrected chi connectivity index (χ3v) is 3.13. The molecule has 7 nitrogen and oxygen atoms in total. The Labute approximate surface area is 111 Å². The number of rotatable bonds is 5. The van der Waals surface area contributed by atoms with Crippen molar-refractivity contribution in [1.29, 1.82) is 10.5 Å². The van der Waals surface area contributed by atoms with Gasteiger partial charge in [0, 0.05) is 6.54 Å². The number of nitrogens with zero attached hydrogens (tertiary/aromatic N) is 2. The van der Waals surface area contributed by atoms with Crippen LogP contribution in [0.15, 0.2) is 12.1 Å². The summed E-state index contributed by atoms with van der Waals surface area (Å²) in [7, 11) is -3.98. The van der Waals surface area contributed by atoms with Crippen molar-refractivity contribution in [3.8, 4) is 12.1 Å². The van der Waals surface area contributed by atoms with Crippen molar-refractivity contribution < 1.29 is 13.0 Å². The van der Waals surface area contributed by atoms with Crippen LogP contribution in [0.3, 0.4) is 0 Å². The fraction of sp³-hybridized carbons (Fsp3) is 0.273. The quantitative estimate of drug-likeness (QED) is 0.409. The molecule has 100 valence electrons. The standard InChI is InChI=1S/C11H12N4O3S/c12-6-8-4-10(14)11(5-9(8)7-13)15-2-1-3-19(16,17)18/h4-5,15H,1-3,14H2,(H,16,17,18). The van der Waals surface area contributed by atoms with Gasteiger partial charge in [-0.05, 0) is 18.6 Å². The van der Waals surface area contributed by atoms with Gasteiger partial charge in [-0.2, -0.15) is 18.9 Å². The Morgan fingerprint density at radius 3 is 2.37 bits per heavy atom. The molecule has 0 aliphatic rings. The second kappa shape index (κ2) is 6.05. The Balaban J connectivity index is 2.75. The molecule has 1 aromatic rings. The van der Waals surface area contributed by atoms with E-state index in [1.165, 1.54) is 12.1 Å². The van der Waals surface area contributed by atoms with E-state index in [2.05, 4.69) is 5.32 Å². The Kier molecular flexibility index (Phi) is 4.70. The Hall–Kier alpha value is -2.29. The zero-order valence-electron chi connectivity index (χ0n) is 9.92. The zero-order chi connectivity index (χ0) is 14.5. The molecule has 1 aromatic carbocycles. The molecule has 0 atom stereocenters. The van der Waals surface area contributed by atoms with Crippen LogP contribution in [0.2, 0.25) is 0 Å². The number of benzene rings is 1. The predicted molar refractivity (Wildman–Crippen MR) is 69.8 cm³/mol. The molecule has 19 heavy (non-hydrogen) atoms. The summed E-state index contributed by atoms with van der Waals surface area (Å²) in [6.07, 6.45) is 0.195. The zero-order valence-corrected chi connectivity index (χ0v) is 10.7. The van der Waals surface area contributed by atoms with Crippen LogP contribution < -0.4 is 11.1 Å². The number of hydrogen-bond donors (Lipinski definition) is 3. The Morgan fingerprint density at radius 1 is 1.26 bits per heavy atom. The minimum atomic E-state index is -3.98. The fourth-order valence-electron chi connectivity index (χ4n) is 1.43. The molecule has 0 bridgehead atoms. The molecule has 4 N–H and O–H groups in total. The van der Waals surface area contributed by atoms with Crippen LogP contribution in [0.25, 0.3) is 0 Å². The van der Waals surface area contributed by atoms with Gasteiger partial charge in [0.05, 0.1) is 28.3 Å². The number of nitrogens with two attached hydrogens (primary N) is 1. The molecular weight excluding hydrogens is 268 g/mol. The SMILES string of the molecule is N#Cc1cc(N)c(NCCCS(=O)(=O)O)cc1C#N. The lowest BCUT2D eigenvalue weighted by atomic mass is 10.1. The Morgan fingerprint density at radius 2 is 1.84 bits per heavy atom. The molecule has 0 aliphatic heterocycles. The summed E-state index contributed by atoms with van der Waals surface area (Å²) in [5, 5.41) is 20.5. The first kappa shape index (κ1) is 14.8. The smallest absolute Gasteiger partial charge is 0.264 e. The highest BCUT2D eigenvalue weighted by Crippen LogP contribution is 2.23. The number of anilines is 2. The molecule has 0 aromatic heterocycles. The van der Waals surface area contributed by atoms with E-state index in [0.717, 1.165) is 0 Å². The first-order valence-electron chi connectivity index (χ1n) is 5.30. The lowest BCUT2D eigenvalue weighted by Crippen LogP contribution is -2.11. The van der Waals surface area contributed by atoms with Gasteiger partial charge in [0.1, 0.15) is 12.1 Å². The predicted octanol–water partition coefficient (Wildman–Crippen LogP) is 0.702. The molecule has 0 radical (unpaired) electrons. The van der Waals surface area contributed by atoms with Crippen molar-refractivity contribution in [3.63, 3.8) is 0 Å². The molecule has 0 unspecified atom stereocenters. The fourth-order valence-corrected chi connectivity index (χ4v) is 1.94. The normalized spacial score (nSPS) is 10.5. The highest BCUT2D eigenvalue weighted by Gasteiger charge is 2.08. The van der Waals surface area contributed by atoms with E-state index >= 15 is 0 Å². The molecular formula is C11H12N4O3S. The molecule has 1 rings (SSSR count). The van der Waals surface area contributed by atoms with Crippen LogP contribution in [-0.4, -0.2) is 25.3 Å². The van der Waals surface area contributed by atoms with Gasteiger partial charge in [0.15, 0.2) is 0 Å². The van der Waals surface area contributed by atoms with Gasteiger partial charge in [-0.1, -0.05) is 0 Å². The summed E-state index contributed by atoms with van der Waals surface area (Å²) in [5.41, 5.74) is 6.81. The van der Waals surface area contributed by atoms with Crippen molar-refractivity contribution in [2.45, 2.75) is 6.42 Å². The summed E-state index contributed by atoms with van der Waals surface area (Å²) < 4.78 is 29.6. The van der Waals surface area contributed by atoms with E-state index in [9.17, 15) is 8.42 Å². The molecule has 0 saturated heterocycles. The van der Waals surface area contributed by atoms with Gasteiger partial charge in [-0.25, -0.2) is 0 Å². The van der Waals surface area contributed by atoms with E-state index in [4.69, 9.17) is 20.8 Å². The summed E-state index contributed by atoms with van der Waals surface area (Å²) in [4.78, 5) is 0. The molecule has 8 heteroatoms. The van der Waals surface area contributed by atoms with Crippen molar-refractivity contribution in [3.05, 3.63) is 23.3 Å². The number of nitrogens with one attached hydrogen (secondary N) is 1. The van der Waals surface area contributed by atoms with Gasteiger partial charge in [0.25, 0.3) is 10.1 Å². The largest absolute Gasteiger partial charge is 0.397 e. The second-order valence-electron chi connectivity index (χ2n) is 3.78. The molecule has 0 spiro atoms. The third-order valence-electron chi connectivity index (χ3n) is 2.33.